The highest BCUT2D eigenvalue weighted by atomic mass is 16.6. The fraction of sp³-hybridized carbons (Fsp3) is 0. The maximum atomic E-state index is 10.4. The zero-order valence-electron chi connectivity index (χ0n) is 6.95. The Balaban J connectivity index is 3.01. The van der Waals surface area contributed by atoms with Crippen molar-refractivity contribution in [2.45, 2.75) is 0 Å². The number of nitro benzene ring substituents is 1. The second-order valence-corrected chi connectivity index (χ2v) is 2.46. The molecule has 7 nitrogen and oxygen atoms in total. The first-order chi connectivity index (χ1) is 6.49. The molecule has 0 aliphatic rings. The third-order valence-electron chi connectivity index (χ3n) is 1.37. The molecule has 14 heavy (non-hydrogen) atoms. The van der Waals surface area contributed by atoms with Crippen LogP contribution >= 0.6 is 0 Å². The summed E-state index contributed by atoms with van der Waals surface area (Å²) in [6.07, 6.45) is 0. The normalized spacial score (nSPS) is 9.57. The molecule has 0 fully saturated rings. The molecular formula is C6H7BN2O5. The SMILES string of the molecule is Nc1cc(OB(O)O)cc([N+](=O)[O-])c1. The molecular weight excluding hydrogens is 191 g/mol. The third kappa shape index (κ3) is 2.61. The zero-order valence-corrected chi connectivity index (χ0v) is 6.95. The van der Waals surface area contributed by atoms with Crippen LogP contribution in [0.2, 0.25) is 0 Å². The quantitative estimate of drug-likeness (QED) is 0.261. The van der Waals surface area contributed by atoms with Gasteiger partial charge in [-0.25, -0.2) is 0 Å². The van der Waals surface area contributed by atoms with E-state index in [1.54, 1.807) is 0 Å². The van der Waals surface area contributed by atoms with Gasteiger partial charge in [-0.1, -0.05) is 0 Å². The van der Waals surface area contributed by atoms with Crippen LogP contribution in [0, 0.1) is 10.1 Å². The number of hydrogen-bond donors (Lipinski definition) is 3. The summed E-state index contributed by atoms with van der Waals surface area (Å²) in [4.78, 5) is 9.70. The zero-order chi connectivity index (χ0) is 10.7. The van der Waals surface area contributed by atoms with Crippen LogP contribution in [0.25, 0.3) is 0 Å². The summed E-state index contributed by atoms with van der Waals surface area (Å²) in [5.41, 5.74) is 5.15. The number of rotatable bonds is 3. The molecule has 1 aromatic carbocycles. The van der Waals surface area contributed by atoms with E-state index in [2.05, 4.69) is 4.65 Å². The average molecular weight is 198 g/mol. The lowest BCUT2D eigenvalue weighted by atomic mass is 10.2. The van der Waals surface area contributed by atoms with Crippen LogP contribution in [0.5, 0.6) is 5.75 Å². The summed E-state index contributed by atoms with van der Waals surface area (Å²) < 4.78 is 4.41. The summed E-state index contributed by atoms with van der Waals surface area (Å²) in [6, 6.07) is 3.42. The van der Waals surface area contributed by atoms with Crippen molar-refractivity contribution in [3.63, 3.8) is 0 Å². The molecule has 0 bridgehead atoms. The Hall–Kier alpha value is -1.80. The lowest BCUT2D eigenvalue weighted by Gasteiger charge is -2.04. The molecule has 0 saturated heterocycles. The largest absolute Gasteiger partial charge is 0.707 e. The monoisotopic (exact) mass is 198 g/mol. The van der Waals surface area contributed by atoms with Gasteiger partial charge in [-0.2, -0.15) is 0 Å². The Morgan fingerprint density at radius 2 is 2.07 bits per heavy atom. The van der Waals surface area contributed by atoms with Gasteiger partial charge in [-0.3, -0.25) is 10.1 Å². The van der Waals surface area contributed by atoms with E-state index >= 15 is 0 Å². The molecule has 0 aliphatic carbocycles. The van der Waals surface area contributed by atoms with Crippen LogP contribution in [0.15, 0.2) is 18.2 Å². The molecule has 0 aliphatic heterocycles. The first-order valence-corrected chi connectivity index (χ1v) is 3.57. The summed E-state index contributed by atoms with van der Waals surface area (Å²) in [5, 5.41) is 27.3. The number of nitrogen functional groups attached to an aromatic ring is 1. The van der Waals surface area contributed by atoms with Crippen molar-refractivity contribution in [2.75, 3.05) is 5.73 Å². The van der Waals surface area contributed by atoms with E-state index in [1.807, 2.05) is 0 Å². The van der Waals surface area contributed by atoms with Crippen molar-refractivity contribution in [1.82, 2.24) is 0 Å². The van der Waals surface area contributed by atoms with Gasteiger partial charge in [0.1, 0.15) is 5.75 Å². The van der Waals surface area contributed by atoms with Crippen LogP contribution in [-0.4, -0.2) is 22.3 Å². The van der Waals surface area contributed by atoms with E-state index in [0.717, 1.165) is 12.1 Å². The number of non-ortho nitro benzene ring substituents is 1. The van der Waals surface area contributed by atoms with Gasteiger partial charge >= 0.3 is 7.32 Å². The molecule has 0 spiro atoms. The predicted molar refractivity (Wildman–Crippen MR) is 48.3 cm³/mol. The number of hydrogen-bond acceptors (Lipinski definition) is 6. The van der Waals surface area contributed by atoms with Crippen molar-refractivity contribution in [3.05, 3.63) is 28.3 Å². The summed E-state index contributed by atoms with van der Waals surface area (Å²) >= 11 is 0. The van der Waals surface area contributed by atoms with Gasteiger partial charge in [0.15, 0.2) is 0 Å². The first-order valence-electron chi connectivity index (χ1n) is 3.57. The van der Waals surface area contributed by atoms with Gasteiger partial charge in [0, 0.05) is 17.8 Å². The highest BCUT2D eigenvalue weighted by molar-refractivity contribution is 6.33. The molecule has 0 heterocycles. The summed E-state index contributed by atoms with van der Waals surface area (Å²) in [5.74, 6) is -0.0771. The second-order valence-electron chi connectivity index (χ2n) is 2.46. The Kier molecular flexibility index (Phi) is 2.90. The molecule has 0 atom stereocenters. The van der Waals surface area contributed by atoms with E-state index in [9.17, 15) is 10.1 Å². The standard InChI is InChI=1S/C6H7BN2O5/c8-4-1-5(9(12)13)3-6(2-4)14-7(10)11/h1-3,10-11H,8H2. The van der Waals surface area contributed by atoms with E-state index in [1.165, 1.54) is 6.07 Å². The fourth-order valence-corrected chi connectivity index (χ4v) is 0.901. The van der Waals surface area contributed by atoms with Gasteiger partial charge < -0.3 is 20.4 Å². The highest BCUT2D eigenvalue weighted by Crippen LogP contribution is 2.23. The van der Waals surface area contributed by atoms with E-state index in [-0.39, 0.29) is 17.1 Å². The third-order valence-corrected chi connectivity index (χ3v) is 1.37. The molecule has 0 aromatic heterocycles. The molecule has 8 heteroatoms. The minimum Gasteiger partial charge on any atom is -0.512 e. The van der Waals surface area contributed by atoms with Crippen LogP contribution in [-0.2, 0) is 0 Å². The highest BCUT2D eigenvalue weighted by Gasteiger charge is 2.15. The van der Waals surface area contributed by atoms with Crippen molar-refractivity contribution < 1.29 is 19.6 Å². The van der Waals surface area contributed by atoms with Gasteiger partial charge in [-0.05, 0) is 0 Å². The number of nitrogens with two attached hydrogens (primary N) is 1. The van der Waals surface area contributed by atoms with E-state index in [4.69, 9.17) is 15.8 Å². The Labute approximate surface area is 79.1 Å². The van der Waals surface area contributed by atoms with Gasteiger partial charge in [0.25, 0.3) is 5.69 Å². The Morgan fingerprint density at radius 1 is 1.43 bits per heavy atom. The predicted octanol–water partition coefficient (Wildman–Crippen LogP) is -0.475. The summed E-state index contributed by atoms with van der Waals surface area (Å²) in [6.45, 7) is 0. The number of nitrogens with zero attached hydrogens (tertiary/aromatic N) is 1. The van der Waals surface area contributed by atoms with Crippen molar-refractivity contribution in [3.8, 4) is 5.75 Å². The van der Waals surface area contributed by atoms with Crippen molar-refractivity contribution >= 4 is 18.7 Å². The molecule has 0 radical (unpaired) electrons. The molecule has 0 unspecified atom stereocenters. The second kappa shape index (κ2) is 3.94. The topological polar surface area (TPSA) is 119 Å². The molecule has 1 aromatic rings. The minimum atomic E-state index is -2.03. The Bertz CT molecular complexity index is 356. The lowest BCUT2D eigenvalue weighted by molar-refractivity contribution is -0.384. The summed E-state index contributed by atoms with van der Waals surface area (Å²) in [7, 11) is -2.03. The molecule has 1 rings (SSSR count). The minimum absolute atomic E-state index is 0.0771. The Morgan fingerprint density at radius 3 is 2.57 bits per heavy atom. The molecule has 0 saturated carbocycles. The smallest absolute Gasteiger partial charge is 0.512 e. The number of anilines is 1. The van der Waals surface area contributed by atoms with Crippen LogP contribution in [0.3, 0.4) is 0 Å². The fourth-order valence-electron chi connectivity index (χ4n) is 0.901. The maximum absolute atomic E-state index is 10.4. The van der Waals surface area contributed by atoms with Gasteiger partial charge in [0.2, 0.25) is 0 Å². The number of nitro groups is 1. The number of benzene rings is 1. The molecule has 0 amide bonds. The van der Waals surface area contributed by atoms with Gasteiger partial charge in [-0.15, -0.1) is 0 Å². The van der Waals surface area contributed by atoms with E-state index in [0.29, 0.717) is 0 Å². The van der Waals surface area contributed by atoms with Crippen LogP contribution in [0.4, 0.5) is 11.4 Å². The molecule has 74 valence electrons. The first kappa shape index (κ1) is 10.3. The maximum Gasteiger partial charge on any atom is 0.707 e. The van der Waals surface area contributed by atoms with Gasteiger partial charge in [0.05, 0.1) is 11.0 Å². The molecule has 4 N–H and O–H groups in total. The van der Waals surface area contributed by atoms with Crippen molar-refractivity contribution in [1.29, 1.82) is 0 Å². The lowest BCUT2D eigenvalue weighted by Crippen LogP contribution is -2.20. The van der Waals surface area contributed by atoms with E-state index < -0.39 is 12.2 Å². The average Bonchev–Trinajstić information content (AvgIpc) is 2.01. The van der Waals surface area contributed by atoms with Crippen LogP contribution < -0.4 is 10.4 Å². The van der Waals surface area contributed by atoms with Crippen molar-refractivity contribution in [2.24, 2.45) is 0 Å². The van der Waals surface area contributed by atoms with Crippen LogP contribution in [0.1, 0.15) is 0 Å².